The summed E-state index contributed by atoms with van der Waals surface area (Å²) in [6, 6.07) is 3.76. The van der Waals surface area contributed by atoms with Crippen molar-refractivity contribution in [3.05, 3.63) is 40.3 Å². The van der Waals surface area contributed by atoms with Gasteiger partial charge in [0.25, 0.3) is 0 Å². The lowest BCUT2D eigenvalue weighted by atomic mass is 10.0. The van der Waals surface area contributed by atoms with E-state index in [1.165, 1.54) is 0 Å². The summed E-state index contributed by atoms with van der Waals surface area (Å²) in [5, 5.41) is 8.96. The van der Waals surface area contributed by atoms with Crippen LogP contribution < -0.4 is 0 Å². The van der Waals surface area contributed by atoms with Crippen molar-refractivity contribution in [1.29, 1.82) is 0 Å². The van der Waals surface area contributed by atoms with Gasteiger partial charge in [0.1, 0.15) is 6.61 Å². The first kappa shape index (κ1) is 20.4. The average molecular weight is 462 g/mol. The minimum absolute atomic E-state index is 0.0260. The highest BCUT2D eigenvalue weighted by atomic mass is 35.5. The third-order valence-electron chi connectivity index (χ3n) is 5.98. The molecular formula is C21H21Cl2N5O3. The smallest absolute Gasteiger partial charge is 0.248 e. The van der Waals surface area contributed by atoms with Gasteiger partial charge in [-0.3, -0.25) is 14.7 Å². The number of ether oxygens (including phenoxy) is 1. The lowest BCUT2D eigenvalue weighted by Crippen LogP contribution is -2.44. The molecule has 0 unspecified atom stereocenters. The molecule has 0 saturated carbocycles. The Morgan fingerprint density at radius 3 is 2.87 bits per heavy atom. The molecule has 162 valence electrons. The van der Waals surface area contributed by atoms with E-state index in [-0.39, 0.29) is 18.4 Å². The van der Waals surface area contributed by atoms with Gasteiger partial charge in [-0.1, -0.05) is 29.3 Å². The van der Waals surface area contributed by atoms with Crippen molar-refractivity contribution in [1.82, 2.24) is 24.6 Å². The quantitative estimate of drug-likeness (QED) is 0.647. The first-order valence-corrected chi connectivity index (χ1v) is 10.9. The molecule has 10 heteroatoms. The number of nitrogens with zero attached hydrogens (tertiary/aromatic N) is 4. The molecule has 8 nitrogen and oxygen atoms in total. The van der Waals surface area contributed by atoms with E-state index in [9.17, 15) is 9.59 Å². The molecule has 1 aromatic carbocycles. The second kappa shape index (κ2) is 8.18. The molecule has 2 aliphatic heterocycles. The Morgan fingerprint density at radius 1 is 1.23 bits per heavy atom. The van der Waals surface area contributed by atoms with Gasteiger partial charge < -0.3 is 19.1 Å². The Kier molecular flexibility index (Phi) is 5.37. The van der Waals surface area contributed by atoms with Gasteiger partial charge >= 0.3 is 0 Å². The fourth-order valence-corrected chi connectivity index (χ4v) is 4.84. The van der Waals surface area contributed by atoms with Crippen LogP contribution in [0, 0.1) is 0 Å². The zero-order valence-electron chi connectivity index (χ0n) is 16.7. The maximum absolute atomic E-state index is 13.0. The predicted octanol–water partition coefficient (Wildman–Crippen LogP) is 2.93. The third-order valence-corrected chi connectivity index (χ3v) is 6.77. The van der Waals surface area contributed by atoms with Crippen LogP contribution in [-0.4, -0.2) is 69.2 Å². The molecule has 2 aliphatic rings. The first-order chi connectivity index (χ1) is 15.0. The molecule has 5 rings (SSSR count). The molecule has 0 radical (unpaired) electrons. The lowest BCUT2D eigenvalue weighted by molar-refractivity contribution is -0.143. The van der Waals surface area contributed by atoms with E-state index < -0.39 is 0 Å². The molecule has 2 aromatic heterocycles. The first-order valence-electron chi connectivity index (χ1n) is 10.2. The number of fused-ring (bicyclic) bond motifs is 3. The fourth-order valence-electron chi connectivity index (χ4n) is 4.42. The van der Waals surface area contributed by atoms with Gasteiger partial charge in [0.05, 0.1) is 34.9 Å². The number of carbonyl (C=O) groups is 2. The van der Waals surface area contributed by atoms with E-state index in [0.29, 0.717) is 55.8 Å². The Morgan fingerprint density at radius 2 is 2.10 bits per heavy atom. The van der Waals surface area contributed by atoms with Gasteiger partial charge in [0.2, 0.25) is 11.8 Å². The number of morpholine rings is 1. The summed E-state index contributed by atoms with van der Waals surface area (Å²) < 4.78 is 7.31. The molecule has 3 aromatic rings. The summed E-state index contributed by atoms with van der Waals surface area (Å²) in [4.78, 5) is 28.4. The van der Waals surface area contributed by atoms with Gasteiger partial charge in [0.15, 0.2) is 0 Å². The number of amides is 2. The van der Waals surface area contributed by atoms with Gasteiger partial charge in [-0.25, -0.2) is 0 Å². The van der Waals surface area contributed by atoms with Crippen molar-refractivity contribution in [2.45, 2.75) is 19.5 Å². The largest absolute Gasteiger partial charge is 0.370 e. The number of hydrogen-bond acceptors (Lipinski definition) is 4. The minimum Gasteiger partial charge on any atom is -0.370 e. The number of hydrogen-bond donors (Lipinski definition) is 1. The van der Waals surface area contributed by atoms with E-state index in [1.807, 2.05) is 17.2 Å². The summed E-state index contributed by atoms with van der Waals surface area (Å²) in [6.07, 6.45) is 3.89. The number of aromatic amines is 1. The standard InChI is InChI=1S/C21H21Cl2N5O3/c22-15-2-1-14-19(13-9-24-25-10-13)16-11-27(5-6-28(16)21(14)20(15)23)17(29)3-4-26-7-8-31-12-18(26)30/h1-2,9-10H,3-8,11-12H2,(H,24,25). The minimum atomic E-state index is -0.0633. The fraction of sp³-hybridized carbons (Fsp3) is 0.381. The van der Waals surface area contributed by atoms with Crippen LogP contribution >= 0.6 is 23.2 Å². The average Bonchev–Trinajstić information content (AvgIpc) is 3.41. The van der Waals surface area contributed by atoms with Crippen molar-refractivity contribution in [2.24, 2.45) is 0 Å². The summed E-state index contributed by atoms with van der Waals surface area (Å²) >= 11 is 12.9. The van der Waals surface area contributed by atoms with Crippen molar-refractivity contribution in [3.8, 4) is 11.1 Å². The number of aromatic nitrogens is 3. The Bertz CT molecular complexity index is 1160. The van der Waals surface area contributed by atoms with Gasteiger partial charge in [0, 0.05) is 61.0 Å². The zero-order valence-corrected chi connectivity index (χ0v) is 18.2. The number of nitrogens with one attached hydrogen (secondary N) is 1. The van der Waals surface area contributed by atoms with Crippen LogP contribution in [0.3, 0.4) is 0 Å². The molecule has 1 N–H and O–H groups in total. The number of carbonyl (C=O) groups excluding carboxylic acids is 2. The highest BCUT2D eigenvalue weighted by Gasteiger charge is 2.29. The molecule has 31 heavy (non-hydrogen) atoms. The van der Waals surface area contributed by atoms with Crippen molar-refractivity contribution in [2.75, 3.05) is 32.8 Å². The zero-order chi connectivity index (χ0) is 21.5. The van der Waals surface area contributed by atoms with Gasteiger partial charge in [-0.15, -0.1) is 0 Å². The molecule has 0 bridgehead atoms. The lowest BCUT2D eigenvalue weighted by Gasteiger charge is -2.31. The summed E-state index contributed by atoms with van der Waals surface area (Å²) in [7, 11) is 0. The van der Waals surface area contributed by atoms with Gasteiger partial charge in [-0.2, -0.15) is 5.10 Å². The normalized spacial score (nSPS) is 16.8. The highest BCUT2D eigenvalue weighted by Crippen LogP contribution is 2.42. The van der Waals surface area contributed by atoms with Gasteiger partial charge in [-0.05, 0) is 6.07 Å². The second-order valence-corrected chi connectivity index (χ2v) is 8.50. The van der Waals surface area contributed by atoms with Crippen LogP contribution in [-0.2, 0) is 27.4 Å². The summed E-state index contributed by atoms with van der Waals surface area (Å²) in [5.41, 5.74) is 3.82. The molecular weight excluding hydrogens is 441 g/mol. The Hall–Kier alpha value is -2.55. The maximum Gasteiger partial charge on any atom is 0.248 e. The van der Waals surface area contributed by atoms with Crippen LogP contribution in [0.4, 0.5) is 0 Å². The van der Waals surface area contributed by atoms with E-state index in [1.54, 1.807) is 17.2 Å². The molecule has 0 spiro atoms. The number of rotatable bonds is 4. The molecule has 0 aliphatic carbocycles. The summed E-state index contributed by atoms with van der Waals surface area (Å²) in [5.74, 6) is -0.0374. The van der Waals surface area contributed by atoms with E-state index in [0.717, 1.165) is 27.7 Å². The molecule has 2 amide bonds. The Balaban J connectivity index is 1.44. The number of H-pyrrole nitrogens is 1. The maximum atomic E-state index is 13.0. The van der Waals surface area contributed by atoms with Crippen molar-refractivity contribution in [3.63, 3.8) is 0 Å². The molecule has 1 saturated heterocycles. The van der Waals surface area contributed by atoms with Crippen LogP contribution in [0.15, 0.2) is 24.5 Å². The van der Waals surface area contributed by atoms with Crippen LogP contribution in [0.5, 0.6) is 0 Å². The Labute approximate surface area is 188 Å². The topological polar surface area (TPSA) is 83.5 Å². The van der Waals surface area contributed by atoms with Crippen LogP contribution in [0.2, 0.25) is 10.0 Å². The number of halogens is 2. The third kappa shape index (κ3) is 3.58. The van der Waals surface area contributed by atoms with Crippen molar-refractivity contribution >= 4 is 45.9 Å². The van der Waals surface area contributed by atoms with E-state index in [2.05, 4.69) is 14.8 Å². The summed E-state index contributed by atoms with van der Waals surface area (Å²) in [6.45, 7) is 3.20. The van der Waals surface area contributed by atoms with E-state index in [4.69, 9.17) is 27.9 Å². The van der Waals surface area contributed by atoms with Crippen molar-refractivity contribution < 1.29 is 14.3 Å². The molecule has 0 atom stereocenters. The molecule has 1 fully saturated rings. The second-order valence-electron chi connectivity index (χ2n) is 7.72. The molecule has 4 heterocycles. The predicted molar refractivity (Wildman–Crippen MR) is 117 cm³/mol. The SMILES string of the molecule is O=C1COCCN1CCC(=O)N1CCn2c(c(-c3cn[nH]c3)c3ccc(Cl)c(Cl)c32)C1. The van der Waals surface area contributed by atoms with Crippen LogP contribution in [0.25, 0.3) is 22.0 Å². The van der Waals surface area contributed by atoms with E-state index >= 15 is 0 Å². The number of benzene rings is 1. The van der Waals surface area contributed by atoms with Crippen LogP contribution in [0.1, 0.15) is 12.1 Å². The monoisotopic (exact) mass is 461 g/mol. The highest BCUT2D eigenvalue weighted by molar-refractivity contribution is 6.45.